The molecule has 1 fully saturated rings. The summed E-state index contributed by atoms with van der Waals surface area (Å²) < 4.78 is 0. The van der Waals surface area contributed by atoms with Gasteiger partial charge in [-0.05, 0) is 6.42 Å². The highest BCUT2D eigenvalue weighted by atomic mass is 16.2. The van der Waals surface area contributed by atoms with E-state index in [-0.39, 0.29) is 30.4 Å². The van der Waals surface area contributed by atoms with Gasteiger partial charge in [-0.1, -0.05) is 37.3 Å². The van der Waals surface area contributed by atoms with Crippen molar-refractivity contribution >= 4 is 17.6 Å². The van der Waals surface area contributed by atoms with Crippen molar-refractivity contribution in [2.24, 2.45) is 0 Å². The predicted molar refractivity (Wildman–Crippen MR) is 96.3 cm³/mol. The Balaban J connectivity index is 1.69. The molecule has 25 heavy (non-hydrogen) atoms. The molecular formula is C19H27N3O3. The van der Waals surface area contributed by atoms with Crippen molar-refractivity contribution in [3.8, 4) is 0 Å². The molecule has 1 aromatic rings. The largest absolute Gasteiger partial charge is 0.355 e. The number of carbonyl (C=O) groups excluding carboxylic acids is 3. The number of hydrogen-bond donors (Lipinski definition) is 1. The lowest BCUT2D eigenvalue weighted by atomic mass is 10.1. The molecule has 0 atom stereocenters. The zero-order valence-corrected chi connectivity index (χ0v) is 14.9. The van der Waals surface area contributed by atoms with Crippen LogP contribution in [-0.4, -0.2) is 66.7 Å². The van der Waals surface area contributed by atoms with Crippen molar-refractivity contribution in [2.75, 3.05) is 39.3 Å². The van der Waals surface area contributed by atoms with Crippen molar-refractivity contribution in [2.45, 2.75) is 26.2 Å². The predicted octanol–water partition coefficient (Wildman–Crippen LogP) is 1.32. The van der Waals surface area contributed by atoms with Gasteiger partial charge in [0.1, 0.15) is 0 Å². The smallest absolute Gasteiger partial charge is 0.234 e. The van der Waals surface area contributed by atoms with Gasteiger partial charge in [-0.3, -0.25) is 19.3 Å². The maximum absolute atomic E-state index is 12.3. The normalized spacial score (nSPS) is 15.0. The fourth-order valence-electron chi connectivity index (χ4n) is 2.83. The van der Waals surface area contributed by atoms with Crippen LogP contribution in [0.5, 0.6) is 0 Å². The van der Waals surface area contributed by atoms with Crippen LogP contribution in [0, 0.1) is 0 Å². The summed E-state index contributed by atoms with van der Waals surface area (Å²) in [5, 5.41) is 2.86. The monoisotopic (exact) mass is 345 g/mol. The van der Waals surface area contributed by atoms with Crippen molar-refractivity contribution in [3.05, 3.63) is 35.9 Å². The van der Waals surface area contributed by atoms with Gasteiger partial charge in [0.05, 0.1) is 6.54 Å². The number of Topliss-reactive ketones (excluding diaryl/α,β-unsaturated/α-hetero) is 1. The zero-order chi connectivity index (χ0) is 18.1. The molecule has 1 aliphatic rings. The second kappa shape index (κ2) is 9.93. The van der Waals surface area contributed by atoms with E-state index in [0.29, 0.717) is 44.8 Å². The summed E-state index contributed by atoms with van der Waals surface area (Å²) in [7, 11) is 0. The highest BCUT2D eigenvalue weighted by Gasteiger charge is 2.22. The van der Waals surface area contributed by atoms with Gasteiger partial charge in [-0.15, -0.1) is 0 Å². The Morgan fingerprint density at radius 3 is 2.32 bits per heavy atom. The van der Waals surface area contributed by atoms with Gasteiger partial charge >= 0.3 is 0 Å². The quantitative estimate of drug-likeness (QED) is 0.722. The van der Waals surface area contributed by atoms with Crippen LogP contribution < -0.4 is 5.32 Å². The SMILES string of the molecule is CCCNC(=O)CN1CCN(C(=O)CCC(=O)c2ccccc2)CC1. The van der Waals surface area contributed by atoms with Crippen LogP contribution in [0.15, 0.2) is 30.3 Å². The molecule has 6 heteroatoms. The maximum Gasteiger partial charge on any atom is 0.234 e. The van der Waals surface area contributed by atoms with E-state index in [4.69, 9.17) is 0 Å². The molecular weight excluding hydrogens is 318 g/mol. The summed E-state index contributed by atoms with van der Waals surface area (Å²) in [6.45, 7) is 5.71. The minimum absolute atomic E-state index is 0.000168. The third-order valence-corrected chi connectivity index (χ3v) is 4.33. The van der Waals surface area contributed by atoms with Crippen molar-refractivity contribution in [1.82, 2.24) is 15.1 Å². The Morgan fingerprint density at radius 1 is 1.00 bits per heavy atom. The number of nitrogens with one attached hydrogen (secondary N) is 1. The van der Waals surface area contributed by atoms with E-state index in [9.17, 15) is 14.4 Å². The van der Waals surface area contributed by atoms with Crippen molar-refractivity contribution in [1.29, 1.82) is 0 Å². The first kappa shape index (κ1) is 19.1. The summed E-state index contributed by atoms with van der Waals surface area (Å²) in [6.07, 6.45) is 1.41. The van der Waals surface area contributed by atoms with Crippen LogP contribution in [0.3, 0.4) is 0 Å². The van der Waals surface area contributed by atoms with Crippen LogP contribution in [0.1, 0.15) is 36.5 Å². The van der Waals surface area contributed by atoms with Gasteiger partial charge in [0.2, 0.25) is 11.8 Å². The van der Waals surface area contributed by atoms with E-state index in [1.165, 1.54) is 0 Å². The number of piperazine rings is 1. The molecule has 1 saturated heterocycles. The van der Waals surface area contributed by atoms with Gasteiger partial charge in [0, 0.05) is 51.1 Å². The Labute approximate surface area is 149 Å². The molecule has 0 aliphatic carbocycles. The number of ketones is 1. The van der Waals surface area contributed by atoms with Crippen LogP contribution in [-0.2, 0) is 9.59 Å². The molecule has 1 aliphatic heterocycles. The molecule has 0 saturated carbocycles. The third kappa shape index (κ3) is 6.31. The molecule has 136 valence electrons. The number of amides is 2. The lowest BCUT2D eigenvalue weighted by molar-refractivity contribution is -0.133. The fourth-order valence-corrected chi connectivity index (χ4v) is 2.83. The summed E-state index contributed by atoms with van der Waals surface area (Å²) in [5.74, 6) is 0.0506. The molecule has 0 spiro atoms. The topological polar surface area (TPSA) is 69.7 Å². The number of benzene rings is 1. The second-order valence-electron chi connectivity index (χ2n) is 6.30. The highest BCUT2D eigenvalue weighted by Crippen LogP contribution is 2.09. The average Bonchev–Trinajstić information content (AvgIpc) is 2.65. The third-order valence-electron chi connectivity index (χ3n) is 4.33. The number of hydrogen-bond acceptors (Lipinski definition) is 4. The molecule has 0 bridgehead atoms. The Morgan fingerprint density at radius 2 is 1.68 bits per heavy atom. The molecule has 0 unspecified atom stereocenters. The maximum atomic E-state index is 12.3. The minimum atomic E-state index is 0.000168. The molecule has 2 rings (SSSR count). The standard InChI is InChI=1S/C19H27N3O3/c1-2-10-20-18(24)15-21-11-13-22(14-12-21)19(25)9-8-17(23)16-6-4-3-5-7-16/h3-7H,2,8-15H2,1H3,(H,20,24). The number of carbonyl (C=O) groups is 3. The number of nitrogens with zero attached hydrogens (tertiary/aromatic N) is 2. The first-order valence-electron chi connectivity index (χ1n) is 8.95. The van der Waals surface area contributed by atoms with E-state index >= 15 is 0 Å². The zero-order valence-electron chi connectivity index (χ0n) is 14.9. The highest BCUT2D eigenvalue weighted by molar-refractivity contribution is 5.97. The van der Waals surface area contributed by atoms with Crippen molar-refractivity contribution in [3.63, 3.8) is 0 Å². The molecule has 6 nitrogen and oxygen atoms in total. The average molecular weight is 345 g/mol. The molecule has 1 aromatic carbocycles. The second-order valence-corrected chi connectivity index (χ2v) is 6.30. The van der Waals surface area contributed by atoms with E-state index < -0.39 is 0 Å². The van der Waals surface area contributed by atoms with E-state index in [2.05, 4.69) is 10.2 Å². The summed E-state index contributed by atoms with van der Waals surface area (Å²) in [6, 6.07) is 9.06. The van der Waals surface area contributed by atoms with Crippen LogP contribution in [0.2, 0.25) is 0 Å². The summed E-state index contributed by atoms with van der Waals surface area (Å²) in [5.41, 5.74) is 0.651. The first-order chi connectivity index (χ1) is 12.1. The molecule has 0 radical (unpaired) electrons. The molecule has 2 amide bonds. The van der Waals surface area contributed by atoms with Gasteiger partial charge in [0.15, 0.2) is 5.78 Å². The number of rotatable bonds is 8. The lowest BCUT2D eigenvalue weighted by Crippen LogP contribution is -2.51. The fraction of sp³-hybridized carbons (Fsp3) is 0.526. The molecule has 0 aromatic heterocycles. The van der Waals surface area contributed by atoms with E-state index in [1.54, 1.807) is 17.0 Å². The van der Waals surface area contributed by atoms with E-state index in [1.807, 2.05) is 25.1 Å². The van der Waals surface area contributed by atoms with Crippen LogP contribution >= 0.6 is 0 Å². The van der Waals surface area contributed by atoms with E-state index in [0.717, 1.165) is 6.42 Å². The Bertz CT molecular complexity index is 581. The molecule has 1 heterocycles. The lowest BCUT2D eigenvalue weighted by Gasteiger charge is -2.34. The Hall–Kier alpha value is -2.21. The van der Waals surface area contributed by atoms with Crippen LogP contribution in [0.25, 0.3) is 0 Å². The van der Waals surface area contributed by atoms with Gasteiger partial charge in [-0.25, -0.2) is 0 Å². The minimum Gasteiger partial charge on any atom is -0.355 e. The first-order valence-corrected chi connectivity index (χ1v) is 8.95. The molecule has 1 N–H and O–H groups in total. The Kier molecular flexibility index (Phi) is 7.60. The summed E-state index contributed by atoms with van der Waals surface area (Å²) >= 11 is 0. The van der Waals surface area contributed by atoms with Gasteiger partial charge in [-0.2, -0.15) is 0 Å². The van der Waals surface area contributed by atoms with Crippen molar-refractivity contribution < 1.29 is 14.4 Å². The van der Waals surface area contributed by atoms with Crippen LogP contribution in [0.4, 0.5) is 0 Å². The van der Waals surface area contributed by atoms with Gasteiger partial charge < -0.3 is 10.2 Å². The van der Waals surface area contributed by atoms with Gasteiger partial charge in [0.25, 0.3) is 0 Å². The summed E-state index contributed by atoms with van der Waals surface area (Å²) in [4.78, 5) is 39.9.